The molecule has 0 radical (unpaired) electrons. The predicted octanol–water partition coefficient (Wildman–Crippen LogP) is 4.44. The van der Waals surface area contributed by atoms with E-state index in [1.54, 1.807) is 7.11 Å². The molecule has 1 aliphatic heterocycles. The lowest BCUT2D eigenvalue weighted by atomic mass is 9.97. The number of hydrogen-bond donors (Lipinski definition) is 0. The Kier molecular flexibility index (Phi) is 7.68. The standard InChI is InChI=1S/C25H35N3O3/c1-19-9-11-20(12-10-19)23(22-8-6-7-14-26-22)27-15-16-28(21(18-27)13-17-30-5)24(29)31-25(2,3)4/h6-12,14,21,23H,13,15-18H2,1-5H3. The Morgan fingerprint density at radius 2 is 1.90 bits per heavy atom. The zero-order valence-corrected chi connectivity index (χ0v) is 19.4. The Bertz CT molecular complexity index is 833. The van der Waals surface area contributed by atoms with Gasteiger partial charge in [-0.25, -0.2) is 4.79 Å². The number of carbonyl (C=O) groups excluding carboxylic acids is 1. The van der Waals surface area contributed by atoms with E-state index in [9.17, 15) is 4.79 Å². The van der Waals surface area contributed by atoms with Gasteiger partial charge in [-0.1, -0.05) is 35.9 Å². The maximum absolute atomic E-state index is 12.9. The molecular weight excluding hydrogens is 390 g/mol. The third-order valence-electron chi connectivity index (χ3n) is 5.52. The number of methoxy groups -OCH3 is 1. The molecule has 1 aliphatic rings. The van der Waals surface area contributed by atoms with Gasteiger partial charge in [-0.3, -0.25) is 9.88 Å². The highest BCUT2D eigenvalue weighted by Crippen LogP contribution is 2.31. The van der Waals surface area contributed by atoms with Crippen LogP contribution in [-0.4, -0.2) is 65.9 Å². The Balaban J connectivity index is 1.87. The van der Waals surface area contributed by atoms with Crippen LogP contribution in [0.3, 0.4) is 0 Å². The lowest BCUT2D eigenvalue weighted by Gasteiger charge is -2.44. The van der Waals surface area contributed by atoms with Crippen molar-refractivity contribution in [2.45, 2.75) is 51.8 Å². The van der Waals surface area contributed by atoms with Gasteiger partial charge in [-0.05, 0) is 51.8 Å². The van der Waals surface area contributed by atoms with Crippen LogP contribution in [0.25, 0.3) is 0 Å². The summed E-state index contributed by atoms with van der Waals surface area (Å²) in [5.41, 5.74) is 2.94. The van der Waals surface area contributed by atoms with Crippen molar-refractivity contribution >= 4 is 6.09 Å². The van der Waals surface area contributed by atoms with Gasteiger partial charge in [0, 0.05) is 39.5 Å². The number of rotatable bonds is 6. The summed E-state index contributed by atoms with van der Waals surface area (Å²) in [6.45, 7) is 10.5. The zero-order valence-electron chi connectivity index (χ0n) is 19.4. The number of hydrogen-bond acceptors (Lipinski definition) is 5. The number of piperazine rings is 1. The van der Waals surface area contributed by atoms with Crippen molar-refractivity contribution < 1.29 is 14.3 Å². The van der Waals surface area contributed by atoms with E-state index < -0.39 is 5.60 Å². The van der Waals surface area contributed by atoms with Gasteiger partial charge in [0.15, 0.2) is 0 Å². The van der Waals surface area contributed by atoms with Crippen LogP contribution >= 0.6 is 0 Å². The summed E-state index contributed by atoms with van der Waals surface area (Å²) < 4.78 is 11.0. The molecule has 1 fully saturated rings. The molecule has 3 rings (SSSR count). The van der Waals surface area contributed by atoms with E-state index in [0.29, 0.717) is 13.2 Å². The van der Waals surface area contributed by atoms with Gasteiger partial charge in [-0.15, -0.1) is 0 Å². The molecule has 0 spiro atoms. The quantitative estimate of drug-likeness (QED) is 0.685. The summed E-state index contributed by atoms with van der Waals surface area (Å²) >= 11 is 0. The van der Waals surface area contributed by atoms with Crippen molar-refractivity contribution in [1.29, 1.82) is 0 Å². The van der Waals surface area contributed by atoms with Crippen molar-refractivity contribution in [1.82, 2.24) is 14.8 Å². The Morgan fingerprint density at radius 1 is 1.16 bits per heavy atom. The van der Waals surface area contributed by atoms with Gasteiger partial charge in [0.2, 0.25) is 0 Å². The highest BCUT2D eigenvalue weighted by molar-refractivity contribution is 5.68. The fraction of sp³-hybridized carbons (Fsp3) is 0.520. The van der Waals surface area contributed by atoms with Gasteiger partial charge >= 0.3 is 6.09 Å². The summed E-state index contributed by atoms with van der Waals surface area (Å²) in [4.78, 5) is 21.8. The maximum atomic E-state index is 12.9. The SMILES string of the molecule is COCCC1CN(C(c2ccc(C)cc2)c2ccccn2)CCN1C(=O)OC(C)(C)C. The van der Waals surface area contributed by atoms with Crippen LogP contribution in [0.15, 0.2) is 48.7 Å². The first kappa shape index (κ1) is 23.2. The van der Waals surface area contributed by atoms with Gasteiger partial charge < -0.3 is 14.4 Å². The number of carbonyl (C=O) groups is 1. The van der Waals surface area contributed by atoms with Crippen LogP contribution in [0.4, 0.5) is 4.79 Å². The van der Waals surface area contributed by atoms with E-state index in [4.69, 9.17) is 9.47 Å². The summed E-state index contributed by atoms with van der Waals surface area (Å²) in [5, 5.41) is 0. The van der Waals surface area contributed by atoms with Crippen molar-refractivity contribution in [3.8, 4) is 0 Å². The van der Waals surface area contributed by atoms with Crippen LogP contribution < -0.4 is 0 Å². The fourth-order valence-corrected chi connectivity index (χ4v) is 4.03. The average molecular weight is 426 g/mol. The first-order valence-electron chi connectivity index (χ1n) is 11.0. The molecule has 0 saturated carbocycles. The van der Waals surface area contributed by atoms with Crippen molar-refractivity contribution in [2.24, 2.45) is 0 Å². The van der Waals surface area contributed by atoms with Crippen molar-refractivity contribution in [2.75, 3.05) is 33.4 Å². The monoisotopic (exact) mass is 425 g/mol. The molecule has 1 aromatic carbocycles. The Hall–Kier alpha value is -2.44. The number of aromatic nitrogens is 1. The minimum absolute atomic E-state index is 0.0141. The average Bonchev–Trinajstić information content (AvgIpc) is 2.73. The summed E-state index contributed by atoms with van der Waals surface area (Å²) in [7, 11) is 1.70. The van der Waals surface area contributed by atoms with Gasteiger partial charge in [0.1, 0.15) is 5.60 Å². The first-order chi connectivity index (χ1) is 14.8. The molecule has 168 valence electrons. The van der Waals surface area contributed by atoms with Crippen LogP contribution in [0, 0.1) is 6.92 Å². The molecule has 2 aromatic rings. The van der Waals surface area contributed by atoms with Crippen LogP contribution in [0.2, 0.25) is 0 Å². The van der Waals surface area contributed by atoms with E-state index in [1.165, 1.54) is 11.1 Å². The third kappa shape index (κ3) is 6.28. The number of benzene rings is 1. The molecule has 1 saturated heterocycles. The van der Waals surface area contributed by atoms with E-state index >= 15 is 0 Å². The van der Waals surface area contributed by atoms with Crippen LogP contribution in [0.1, 0.15) is 50.1 Å². The Morgan fingerprint density at radius 3 is 2.52 bits per heavy atom. The number of nitrogens with zero attached hydrogens (tertiary/aromatic N) is 3. The van der Waals surface area contributed by atoms with E-state index in [2.05, 4.69) is 47.1 Å². The summed E-state index contributed by atoms with van der Waals surface area (Å²) in [6.07, 6.45) is 2.35. The topological polar surface area (TPSA) is 54.9 Å². The molecule has 1 aromatic heterocycles. The zero-order chi connectivity index (χ0) is 22.4. The third-order valence-corrected chi connectivity index (χ3v) is 5.52. The van der Waals surface area contributed by atoms with E-state index in [-0.39, 0.29) is 18.2 Å². The molecule has 0 aliphatic carbocycles. The van der Waals surface area contributed by atoms with Crippen molar-refractivity contribution in [3.05, 3.63) is 65.5 Å². The normalized spacial score (nSPS) is 18.6. The largest absolute Gasteiger partial charge is 0.444 e. The molecule has 2 heterocycles. The molecule has 6 nitrogen and oxygen atoms in total. The maximum Gasteiger partial charge on any atom is 0.410 e. The molecular formula is C25H35N3O3. The lowest BCUT2D eigenvalue weighted by molar-refractivity contribution is -0.0107. The Labute approximate surface area is 186 Å². The minimum Gasteiger partial charge on any atom is -0.444 e. The molecule has 2 unspecified atom stereocenters. The first-order valence-corrected chi connectivity index (χ1v) is 11.0. The van der Waals surface area contributed by atoms with E-state index in [1.807, 2.05) is 44.0 Å². The summed E-state index contributed by atoms with van der Waals surface area (Å²) in [5.74, 6) is 0. The minimum atomic E-state index is -0.515. The molecule has 1 amide bonds. The molecule has 0 bridgehead atoms. The van der Waals surface area contributed by atoms with Crippen LogP contribution in [0.5, 0.6) is 0 Å². The van der Waals surface area contributed by atoms with Crippen molar-refractivity contribution in [3.63, 3.8) is 0 Å². The smallest absolute Gasteiger partial charge is 0.410 e. The van der Waals surface area contributed by atoms with Gasteiger partial charge in [0.05, 0.1) is 17.8 Å². The second kappa shape index (κ2) is 10.2. The number of amides is 1. The number of pyridine rings is 1. The van der Waals surface area contributed by atoms with Crippen LogP contribution in [-0.2, 0) is 9.47 Å². The molecule has 2 atom stereocenters. The number of aryl methyl sites for hydroxylation is 1. The van der Waals surface area contributed by atoms with E-state index in [0.717, 1.165) is 25.2 Å². The molecule has 31 heavy (non-hydrogen) atoms. The highest BCUT2D eigenvalue weighted by Gasteiger charge is 2.36. The summed E-state index contributed by atoms with van der Waals surface area (Å²) in [6, 6.07) is 14.7. The molecule has 6 heteroatoms. The fourth-order valence-electron chi connectivity index (χ4n) is 4.03. The van der Waals surface area contributed by atoms with Gasteiger partial charge in [0.25, 0.3) is 0 Å². The predicted molar refractivity (Wildman–Crippen MR) is 122 cm³/mol. The highest BCUT2D eigenvalue weighted by atomic mass is 16.6. The number of ether oxygens (including phenoxy) is 2. The second-order valence-electron chi connectivity index (χ2n) is 9.17. The van der Waals surface area contributed by atoms with Gasteiger partial charge in [-0.2, -0.15) is 0 Å². The molecule has 0 N–H and O–H groups in total. The lowest BCUT2D eigenvalue weighted by Crippen LogP contribution is -2.57. The second-order valence-corrected chi connectivity index (χ2v) is 9.17.